The number of aldehydes is 1. The molecule has 3 aromatic rings. The van der Waals surface area contributed by atoms with E-state index in [1.54, 1.807) is 23.1 Å². The van der Waals surface area contributed by atoms with Crippen LogP contribution in [0.3, 0.4) is 0 Å². The molecule has 2 atom stereocenters. The number of amides is 1. The third-order valence-corrected chi connectivity index (χ3v) is 8.12. The summed E-state index contributed by atoms with van der Waals surface area (Å²) in [5.41, 5.74) is 5.00. The van der Waals surface area contributed by atoms with E-state index in [2.05, 4.69) is 5.43 Å². The third-order valence-electron chi connectivity index (χ3n) is 5.77. The van der Waals surface area contributed by atoms with E-state index >= 15 is 0 Å². The van der Waals surface area contributed by atoms with Crippen molar-refractivity contribution < 1.29 is 27.8 Å². The summed E-state index contributed by atoms with van der Waals surface area (Å²) < 4.78 is 36.9. The average molecular weight is 547 g/mol. The van der Waals surface area contributed by atoms with E-state index in [9.17, 15) is 18.4 Å². The maximum atomic E-state index is 13.5. The van der Waals surface area contributed by atoms with E-state index in [1.807, 2.05) is 67.8 Å². The average Bonchev–Trinajstić information content (AvgIpc) is 3.31. The van der Waals surface area contributed by atoms with Gasteiger partial charge in [0.2, 0.25) is 5.91 Å². The number of halogens is 2. The Kier molecular flexibility index (Phi) is 9.31. The van der Waals surface area contributed by atoms with Crippen LogP contribution in [-0.4, -0.2) is 36.5 Å². The number of nitrogens with one attached hydrogen (secondary N) is 1. The van der Waals surface area contributed by atoms with Gasteiger partial charge >= 0.3 is 6.61 Å². The van der Waals surface area contributed by atoms with Crippen LogP contribution >= 0.6 is 23.1 Å². The molecule has 0 saturated heterocycles. The van der Waals surface area contributed by atoms with Crippen LogP contribution in [0, 0.1) is 6.92 Å². The predicted molar refractivity (Wildman–Crippen MR) is 139 cm³/mol. The number of thiophene rings is 1. The minimum Gasteiger partial charge on any atom is -0.455 e. The molecule has 0 aliphatic carbocycles. The number of nitrogens with zero attached hydrogens (tertiary/aromatic N) is 1. The normalized spacial score (nSPS) is 13.9. The van der Waals surface area contributed by atoms with Crippen molar-refractivity contribution in [3.05, 3.63) is 69.9 Å². The van der Waals surface area contributed by atoms with Crippen LogP contribution in [0.25, 0.3) is 0 Å². The fourth-order valence-corrected chi connectivity index (χ4v) is 5.79. The zero-order valence-corrected chi connectivity index (χ0v) is 22.1. The molecule has 37 heavy (non-hydrogen) atoms. The molecular weight excluding hydrogens is 518 g/mol. The minimum absolute atomic E-state index is 0.0290. The molecule has 6 nitrogen and oxygen atoms in total. The van der Waals surface area contributed by atoms with Crippen LogP contribution in [0.5, 0.6) is 11.5 Å². The number of hydrazine groups is 1. The molecule has 1 aliphatic rings. The molecule has 0 fully saturated rings. The van der Waals surface area contributed by atoms with Crippen LogP contribution in [0.1, 0.15) is 41.8 Å². The van der Waals surface area contributed by atoms with Crippen molar-refractivity contribution in [2.45, 2.75) is 61.7 Å². The molecule has 4 rings (SSSR count). The highest BCUT2D eigenvalue weighted by atomic mass is 32.2. The molecular formula is C27H28F2N2O4S2. The number of fused-ring (bicyclic) bond motifs is 2. The Morgan fingerprint density at radius 1 is 1.16 bits per heavy atom. The highest BCUT2D eigenvalue weighted by molar-refractivity contribution is 7.99. The number of carbonyl (C=O) groups is 2. The number of benzene rings is 2. The molecule has 2 heterocycles. The first-order valence-electron chi connectivity index (χ1n) is 11.9. The van der Waals surface area contributed by atoms with Gasteiger partial charge in [-0.1, -0.05) is 30.0 Å². The van der Waals surface area contributed by atoms with Gasteiger partial charge in [0.25, 0.3) is 0 Å². The molecule has 196 valence electrons. The lowest BCUT2D eigenvalue weighted by Crippen LogP contribution is -2.49. The third kappa shape index (κ3) is 7.38. The SMILES string of the molecule is Cc1csc([C@@H](C)NN(C[C@@H](CCC=O)OC(F)F)C(=O)Cc2ccc3c(c2)Oc2ccccc2S3)c1. The second-order valence-corrected chi connectivity index (χ2v) is 10.8. The number of ether oxygens (including phenoxy) is 2. The molecule has 0 unspecified atom stereocenters. The topological polar surface area (TPSA) is 67.9 Å². The first kappa shape index (κ1) is 27.3. The highest BCUT2D eigenvalue weighted by Crippen LogP contribution is 2.47. The molecule has 0 bridgehead atoms. The summed E-state index contributed by atoms with van der Waals surface area (Å²) in [5.74, 6) is 1.12. The van der Waals surface area contributed by atoms with Crippen molar-refractivity contribution in [1.29, 1.82) is 0 Å². The number of aryl methyl sites for hydroxylation is 1. The maximum Gasteiger partial charge on any atom is 0.345 e. The quantitative estimate of drug-likeness (QED) is 0.161. The summed E-state index contributed by atoms with van der Waals surface area (Å²) in [6.45, 7) is 0.748. The number of para-hydroxylation sites is 1. The van der Waals surface area contributed by atoms with E-state index in [-0.39, 0.29) is 37.8 Å². The summed E-state index contributed by atoms with van der Waals surface area (Å²) in [5, 5.41) is 3.34. The lowest BCUT2D eigenvalue weighted by molar-refractivity contribution is -0.175. The Labute approximate surface area is 222 Å². The van der Waals surface area contributed by atoms with Crippen molar-refractivity contribution in [3.8, 4) is 11.5 Å². The van der Waals surface area contributed by atoms with Gasteiger partial charge in [-0.05, 0) is 67.1 Å². The summed E-state index contributed by atoms with van der Waals surface area (Å²) >= 11 is 3.15. The summed E-state index contributed by atoms with van der Waals surface area (Å²) in [6, 6.07) is 15.1. The van der Waals surface area contributed by atoms with Crippen molar-refractivity contribution in [3.63, 3.8) is 0 Å². The summed E-state index contributed by atoms with van der Waals surface area (Å²) in [6.07, 6.45) is -0.183. The van der Waals surface area contributed by atoms with Gasteiger partial charge in [0, 0.05) is 11.3 Å². The van der Waals surface area contributed by atoms with Crippen LogP contribution < -0.4 is 10.2 Å². The maximum absolute atomic E-state index is 13.5. The fourth-order valence-electron chi connectivity index (χ4n) is 3.96. The number of carbonyl (C=O) groups excluding carboxylic acids is 2. The van der Waals surface area contributed by atoms with E-state index in [4.69, 9.17) is 9.47 Å². The van der Waals surface area contributed by atoms with Crippen LogP contribution in [-0.2, 0) is 20.7 Å². The van der Waals surface area contributed by atoms with Crippen molar-refractivity contribution in [2.24, 2.45) is 0 Å². The number of alkyl halides is 2. The molecule has 1 N–H and O–H groups in total. The number of hydrogen-bond acceptors (Lipinski definition) is 7. The molecule has 0 spiro atoms. The first-order valence-corrected chi connectivity index (χ1v) is 13.6. The van der Waals surface area contributed by atoms with Crippen molar-refractivity contribution in [1.82, 2.24) is 10.4 Å². The van der Waals surface area contributed by atoms with Gasteiger partial charge in [0.05, 0.1) is 34.9 Å². The number of hydrogen-bond donors (Lipinski definition) is 1. The van der Waals surface area contributed by atoms with Gasteiger partial charge in [-0.3, -0.25) is 9.80 Å². The van der Waals surface area contributed by atoms with Gasteiger partial charge < -0.3 is 14.3 Å². The van der Waals surface area contributed by atoms with E-state index in [0.717, 1.165) is 31.5 Å². The Bertz CT molecular complexity index is 1240. The lowest BCUT2D eigenvalue weighted by Gasteiger charge is -2.30. The standard InChI is InChI=1S/C27H28F2N2O4S2/c1-17-12-25(36-16-17)18(2)30-31(15-20(6-5-11-32)34-27(28)29)26(33)14-19-9-10-24-22(13-19)35-21-7-3-4-8-23(21)37-24/h3-4,7-13,16,18,20,27,30H,5-6,14-15H2,1-2H3/t18-,20-/m1/s1. The monoisotopic (exact) mass is 546 g/mol. The predicted octanol–water partition coefficient (Wildman–Crippen LogP) is 6.54. The van der Waals surface area contributed by atoms with Gasteiger partial charge in [0.1, 0.15) is 17.8 Å². The molecule has 2 aromatic carbocycles. The molecule has 10 heteroatoms. The second-order valence-electron chi connectivity index (χ2n) is 8.75. The van der Waals surface area contributed by atoms with E-state index in [1.165, 1.54) is 5.01 Å². The van der Waals surface area contributed by atoms with Crippen LogP contribution in [0.15, 0.2) is 63.7 Å². The minimum atomic E-state index is -3.01. The van der Waals surface area contributed by atoms with Crippen LogP contribution in [0.2, 0.25) is 0 Å². The Hall–Kier alpha value is -2.79. The molecule has 0 saturated carbocycles. The Balaban J connectivity index is 1.51. The van der Waals surface area contributed by atoms with Gasteiger partial charge in [0.15, 0.2) is 0 Å². The molecule has 1 aromatic heterocycles. The second kappa shape index (κ2) is 12.6. The van der Waals surface area contributed by atoms with Crippen LogP contribution in [0.4, 0.5) is 8.78 Å². The van der Waals surface area contributed by atoms with Gasteiger partial charge in [-0.15, -0.1) is 11.3 Å². The van der Waals surface area contributed by atoms with Gasteiger partial charge in [-0.25, -0.2) is 5.43 Å². The first-order chi connectivity index (χ1) is 17.8. The molecule has 1 amide bonds. The summed E-state index contributed by atoms with van der Waals surface area (Å²) in [7, 11) is 0. The Morgan fingerprint density at radius 2 is 1.95 bits per heavy atom. The molecule has 1 aliphatic heterocycles. The van der Waals surface area contributed by atoms with Crippen molar-refractivity contribution >= 4 is 35.3 Å². The Morgan fingerprint density at radius 3 is 2.68 bits per heavy atom. The number of rotatable bonds is 12. The summed E-state index contributed by atoms with van der Waals surface area (Å²) in [4.78, 5) is 27.3. The fraction of sp³-hybridized carbons (Fsp3) is 0.333. The largest absolute Gasteiger partial charge is 0.455 e. The zero-order chi connectivity index (χ0) is 26.4. The van der Waals surface area contributed by atoms with Gasteiger partial charge in [-0.2, -0.15) is 8.78 Å². The lowest BCUT2D eigenvalue weighted by atomic mass is 10.1. The molecule has 0 radical (unpaired) electrons. The zero-order valence-electron chi connectivity index (χ0n) is 20.5. The van der Waals surface area contributed by atoms with Crippen molar-refractivity contribution in [2.75, 3.05) is 6.54 Å². The highest BCUT2D eigenvalue weighted by Gasteiger charge is 2.25. The van der Waals surface area contributed by atoms with E-state index in [0.29, 0.717) is 12.0 Å². The smallest absolute Gasteiger partial charge is 0.345 e. The van der Waals surface area contributed by atoms with E-state index < -0.39 is 12.7 Å².